The number of amides is 2. The molecule has 0 unspecified atom stereocenters. The van der Waals surface area contributed by atoms with E-state index in [4.69, 9.17) is 5.26 Å². The molecule has 0 radical (unpaired) electrons. The Bertz CT molecular complexity index is 1100. The van der Waals surface area contributed by atoms with Crippen molar-refractivity contribution in [1.82, 2.24) is 9.80 Å². The van der Waals surface area contributed by atoms with Crippen molar-refractivity contribution in [3.8, 4) is 6.07 Å². The van der Waals surface area contributed by atoms with E-state index in [9.17, 15) is 9.59 Å². The molecule has 6 nitrogen and oxygen atoms in total. The molecule has 0 aliphatic carbocycles. The number of nitriles is 1. The van der Waals surface area contributed by atoms with E-state index >= 15 is 0 Å². The van der Waals surface area contributed by atoms with Crippen molar-refractivity contribution in [2.24, 2.45) is 0 Å². The van der Waals surface area contributed by atoms with Crippen LogP contribution < -0.4 is 4.90 Å². The summed E-state index contributed by atoms with van der Waals surface area (Å²) in [5.74, 6) is -0.612. The lowest BCUT2D eigenvalue weighted by Crippen LogP contribution is -2.47. The van der Waals surface area contributed by atoms with Gasteiger partial charge in [0.1, 0.15) is 5.70 Å². The van der Waals surface area contributed by atoms with E-state index < -0.39 is 0 Å². The number of hydrogen-bond donors (Lipinski definition) is 0. The number of nitrogens with zero attached hydrogens (tertiary/aromatic N) is 4. The van der Waals surface area contributed by atoms with Crippen LogP contribution in [-0.2, 0) is 9.59 Å². The second-order valence-corrected chi connectivity index (χ2v) is 8.05. The van der Waals surface area contributed by atoms with Crippen molar-refractivity contribution in [1.29, 1.82) is 5.26 Å². The molecule has 1 fully saturated rings. The summed E-state index contributed by atoms with van der Waals surface area (Å²) in [6.45, 7) is 10.3. The fourth-order valence-electron chi connectivity index (χ4n) is 4.18. The largest absolute Gasteiger partial charge is 0.364 e. The maximum Gasteiger partial charge on any atom is 0.282 e. The highest BCUT2D eigenvalue weighted by atomic mass is 16.2. The van der Waals surface area contributed by atoms with E-state index in [2.05, 4.69) is 22.8 Å². The molecule has 2 amide bonds. The van der Waals surface area contributed by atoms with Crippen molar-refractivity contribution in [2.45, 2.75) is 20.8 Å². The van der Waals surface area contributed by atoms with Crippen LogP contribution in [0.1, 0.15) is 29.2 Å². The zero-order chi connectivity index (χ0) is 22.1. The number of imide groups is 1. The number of hydrogen-bond acceptors (Lipinski definition) is 5. The second-order valence-electron chi connectivity index (χ2n) is 8.05. The van der Waals surface area contributed by atoms with Gasteiger partial charge in [-0.2, -0.15) is 5.26 Å². The highest BCUT2D eigenvalue weighted by molar-refractivity contribution is 6.45. The van der Waals surface area contributed by atoms with Gasteiger partial charge in [0.15, 0.2) is 0 Å². The van der Waals surface area contributed by atoms with Gasteiger partial charge in [-0.1, -0.05) is 25.1 Å². The number of carbonyl (C=O) groups excluding carboxylic acids is 2. The Hall–Kier alpha value is -3.43. The maximum absolute atomic E-state index is 13.6. The third-order valence-electron chi connectivity index (χ3n) is 6.25. The summed E-state index contributed by atoms with van der Waals surface area (Å²) in [5.41, 5.74) is 4.90. The molecule has 2 aliphatic rings. The molecule has 2 aromatic rings. The Labute approximate surface area is 183 Å². The fourth-order valence-corrected chi connectivity index (χ4v) is 4.18. The minimum atomic E-state index is -0.314. The average Bonchev–Trinajstić information content (AvgIpc) is 3.05. The Morgan fingerprint density at radius 2 is 1.58 bits per heavy atom. The van der Waals surface area contributed by atoms with Gasteiger partial charge < -0.3 is 9.80 Å². The summed E-state index contributed by atoms with van der Waals surface area (Å²) < 4.78 is 0. The van der Waals surface area contributed by atoms with Crippen molar-refractivity contribution < 1.29 is 9.59 Å². The minimum Gasteiger partial charge on any atom is -0.364 e. The molecule has 0 N–H and O–H groups in total. The van der Waals surface area contributed by atoms with Crippen LogP contribution in [-0.4, -0.2) is 54.3 Å². The molecule has 31 heavy (non-hydrogen) atoms. The van der Waals surface area contributed by atoms with Gasteiger partial charge in [0, 0.05) is 26.2 Å². The van der Waals surface area contributed by atoms with Gasteiger partial charge in [-0.15, -0.1) is 0 Å². The van der Waals surface area contributed by atoms with E-state index in [1.807, 2.05) is 32.0 Å². The van der Waals surface area contributed by atoms with Crippen LogP contribution in [0.15, 0.2) is 48.2 Å². The van der Waals surface area contributed by atoms with Crippen LogP contribution in [0, 0.1) is 25.2 Å². The first-order valence-electron chi connectivity index (χ1n) is 10.6. The quantitative estimate of drug-likeness (QED) is 0.719. The first-order chi connectivity index (χ1) is 14.9. The van der Waals surface area contributed by atoms with Crippen molar-refractivity contribution in [2.75, 3.05) is 37.6 Å². The number of rotatable bonds is 4. The topological polar surface area (TPSA) is 67.7 Å². The second kappa shape index (κ2) is 8.37. The molecule has 0 atom stereocenters. The van der Waals surface area contributed by atoms with Crippen LogP contribution in [0.5, 0.6) is 0 Å². The molecular formula is C25H26N4O2. The minimum absolute atomic E-state index is 0.298. The van der Waals surface area contributed by atoms with Gasteiger partial charge in [0.05, 0.1) is 22.9 Å². The lowest BCUT2D eigenvalue weighted by Gasteiger charge is -2.36. The van der Waals surface area contributed by atoms with Gasteiger partial charge in [-0.25, -0.2) is 4.90 Å². The van der Waals surface area contributed by atoms with E-state index in [1.54, 1.807) is 24.3 Å². The lowest BCUT2D eigenvalue weighted by molar-refractivity contribution is -0.120. The molecule has 158 valence electrons. The smallest absolute Gasteiger partial charge is 0.282 e. The highest BCUT2D eigenvalue weighted by Crippen LogP contribution is 2.35. The molecule has 0 saturated carbocycles. The van der Waals surface area contributed by atoms with Crippen molar-refractivity contribution >= 4 is 23.1 Å². The number of piperazine rings is 1. The standard InChI is InChI=1S/C25H26N4O2/c1-4-27-11-13-28(14-12-27)23-22(20-8-5-17(2)18(3)15-20)24(30)29(25(23)31)21-9-6-19(16-26)7-10-21/h5-10,15H,4,11-14H2,1-3H3. The van der Waals surface area contributed by atoms with Gasteiger partial charge in [-0.05, 0) is 61.3 Å². The van der Waals surface area contributed by atoms with Crippen molar-refractivity contribution in [3.05, 3.63) is 70.4 Å². The fraction of sp³-hybridized carbons (Fsp3) is 0.320. The third kappa shape index (κ3) is 3.73. The summed E-state index contributed by atoms with van der Waals surface area (Å²) in [6, 6.07) is 14.5. The van der Waals surface area contributed by atoms with Crippen LogP contribution in [0.2, 0.25) is 0 Å². The Morgan fingerprint density at radius 1 is 0.903 bits per heavy atom. The number of aryl methyl sites for hydroxylation is 2. The molecule has 4 rings (SSSR count). The molecular weight excluding hydrogens is 388 g/mol. The summed E-state index contributed by atoms with van der Waals surface area (Å²) in [6.07, 6.45) is 0. The Kier molecular flexibility index (Phi) is 5.62. The zero-order valence-electron chi connectivity index (χ0n) is 18.2. The van der Waals surface area contributed by atoms with E-state index in [-0.39, 0.29) is 11.8 Å². The molecule has 0 aromatic heterocycles. The maximum atomic E-state index is 13.6. The number of likely N-dealkylation sites (N-methyl/N-ethyl adjacent to an activating group) is 1. The highest BCUT2D eigenvalue weighted by Gasteiger charge is 2.43. The molecule has 1 saturated heterocycles. The predicted molar refractivity (Wildman–Crippen MR) is 120 cm³/mol. The van der Waals surface area contributed by atoms with E-state index in [1.165, 1.54) is 4.90 Å². The van der Waals surface area contributed by atoms with Gasteiger partial charge in [0.25, 0.3) is 11.8 Å². The predicted octanol–water partition coefficient (Wildman–Crippen LogP) is 3.10. The lowest BCUT2D eigenvalue weighted by atomic mass is 9.99. The average molecular weight is 415 g/mol. The van der Waals surface area contributed by atoms with Crippen LogP contribution in [0.4, 0.5) is 5.69 Å². The molecule has 2 aromatic carbocycles. The van der Waals surface area contributed by atoms with Crippen LogP contribution in [0.3, 0.4) is 0 Å². The monoisotopic (exact) mass is 414 g/mol. The number of carbonyl (C=O) groups is 2. The first kappa shape index (κ1) is 20.8. The van der Waals surface area contributed by atoms with Crippen LogP contribution >= 0.6 is 0 Å². The normalized spacial score (nSPS) is 17.5. The molecule has 2 aliphatic heterocycles. The summed E-state index contributed by atoms with van der Waals surface area (Å²) in [7, 11) is 0. The van der Waals surface area contributed by atoms with Gasteiger partial charge in [0.2, 0.25) is 0 Å². The van der Waals surface area contributed by atoms with Crippen LogP contribution in [0.25, 0.3) is 5.57 Å². The number of benzene rings is 2. The Balaban J connectivity index is 1.79. The Morgan fingerprint density at radius 3 is 2.16 bits per heavy atom. The molecule has 2 heterocycles. The van der Waals surface area contributed by atoms with Crippen molar-refractivity contribution in [3.63, 3.8) is 0 Å². The summed E-state index contributed by atoms with van der Waals surface area (Å²) in [4.78, 5) is 32.8. The summed E-state index contributed by atoms with van der Waals surface area (Å²) >= 11 is 0. The zero-order valence-corrected chi connectivity index (χ0v) is 18.2. The van der Waals surface area contributed by atoms with E-state index in [0.717, 1.165) is 36.3 Å². The molecule has 0 spiro atoms. The summed E-state index contributed by atoms with van der Waals surface area (Å²) in [5, 5.41) is 9.07. The van der Waals surface area contributed by atoms with Gasteiger partial charge in [-0.3, -0.25) is 9.59 Å². The molecule has 0 bridgehead atoms. The first-order valence-corrected chi connectivity index (χ1v) is 10.6. The third-order valence-corrected chi connectivity index (χ3v) is 6.25. The van der Waals surface area contributed by atoms with Gasteiger partial charge >= 0.3 is 0 Å². The number of anilines is 1. The van der Waals surface area contributed by atoms with E-state index in [0.29, 0.717) is 35.6 Å². The SMILES string of the molecule is CCN1CCN(C2=C(c3ccc(C)c(C)c3)C(=O)N(c3ccc(C#N)cc3)C2=O)CC1. The molecule has 6 heteroatoms.